The molecule has 0 aromatic heterocycles. The van der Waals surface area contributed by atoms with E-state index in [2.05, 4.69) is 14.5 Å². The molecule has 2 aromatic rings. The van der Waals surface area contributed by atoms with Gasteiger partial charge in [0.05, 0.1) is 13.2 Å². The third kappa shape index (κ3) is 7.92. The van der Waals surface area contributed by atoms with E-state index in [0.29, 0.717) is 42.7 Å². The first kappa shape index (κ1) is 26.9. The fourth-order valence-corrected chi connectivity index (χ4v) is 4.36. The summed E-state index contributed by atoms with van der Waals surface area (Å²) in [5, 5.41) is 13.9. The molecule has 190 valence electrons. The van der Waals surface area contributed by atoms with E-state index in [1.807, 2.05) is 0 Å². The minimum absolute atomic E-state index is 0.0182. The molecule has 2 atom stereocenters. The maximum absolute atomic E-state index is 14.2. The van der Waals surface area contributed by atoms with Gasteiger partial charge in [0.25, 0.3) is 0 Å². The number of hydrogen-bond acceptors (Lipinski definition) is 6. The van der Waals surface area contributed by atoms with E-state index in [1.165, 1.54) is 19.2 Å². The summed E-state index contributed by atoms with van der Waals surface area (Å²) in [5.41, 5.74) is 0.941. The standard InChI is InChI=1S/C26H32ClFN2O5/c1-34-24-13-10-19(16-21(24)28)26(33)22(17-30-14-4-5-15-30)29-25(32)7-3-2-6-23(31)18-8-11-20(35-27)12-9-18/h8-13,16,22,26,33H,2-7,14-15,17H2,1H3,(H,29,32)/t22-,26-/m1/s1. The van der Waals surface area contributed by atoms with Gasteiger partial charge in [-0.05, 0) is 80.7 Å². The predicted molar refractivity (Wildman–Crippen MR) is 131 cm³/mol. The Morgan fingerprint density at radius 3 is 2.43 bits per heavy atom. The van der Waals surface area contributed by atoms with Crippen LogP contribution in [0.25, 0.3) is 0 Å². The predicted octanol–water partition coefficient (Wildman–Crippen LogP) is 4.42. The van der Waals surface area contributed by atoms with Gasteiger partial charge in [0, 0.05) is 24.9 Å². The van der Waals surface area contributed by atoms with Crippen molar-refractivity contribution in [3.05, 3.63) is 59.4 Å². The molecule has 1 saturated heterocycles. The van der Waals surface area contributed by atoms with Crippen LogP contribution in [0.3, 0.4) is 0 Å². The molecule has 1 heterocycles. The lowest BCUT2D eigenvalue weighted by molar-refractivity contribution is -0.123. The maximum atomic E-state index is 14.2. The number of ketones is 1. The first-order chi connectivity index (χ1) is 16.9. The first-order valence-electron chi connectivity index (χ1n) is 11.9. The quantitative estimate of drug-likeness (QED) is 0.309. The second kappa shape index (κ2) is 13.4. The molecule has 1 aliphatic heterocycles. The molecule has 3 rings (SSSR count). The highest BCUT2D eigenvalue weighted by Gasteiger charge is 2.27. The SMILES string of the molecule is COc1ccc([C@@H](O)[C@@H](CN2CCCC2)NC(=O)CCCCC(=O)c2ccc(OCl)cc2)cc1F. The van der Waals surface area contributed by atoms with Crippen LogP contribution in [0.2, 0.25) is 0 Å². The molecule has 35 heavy (non-hydrogen) atoms. The second-order valence-electron chi connectivity index (χ2n) is 8.75. The fourth-order valence-electron chi connectivity index (χ4n) is 4.25. The van der Waals surface area contributed by atoms with Gasteiger partial charge in [0.1, 0.15) is 23.7 Å². The van der Waals surface area contributed by atoms with Crippen LogP contribution < -0.4 is 14.3 Å². The van der Waals surface area contributed by atoms with E-state index >= 15 is 0 Å². The Bertz CT molecular complexity index is 982. The highest BCUT2D eigenvalue weighted by Crippen LogP contribution is 2.25. The van der Waals surface area contributed by atoms with Crippen molar-refractivity contribution < 1.29 is 28.1 Å². The lowest BCUT2D eigenvalue weighted by Crippen LogP contribution is -2.46. The van der Waals surface area contributed by atoms with Crippen molar-refractivity contribution in [1.82, 2.24) is 10.2 Å². The highest BCUT2D eigenvalue weighted by atomic mass is 35.5. The summed E-state index contributed by atoms with van der Waals surface area (Å²) >= 11 is 5.28. The number of rotatable bonds is 13. The number of nitrogens with zero attached hydrogens (tertiary/aromatic N) is 1. The number of aliphatic hydroxyl groups excluding tert-OH is 1. The molecule has 0 spiro atoms. The molecule has 7 nitrogen and oxygen atoms in total. The normalized spacial score (nSPS) is 15.4. The Balaban J connectivity index is 1.52. The summed E-state index contributed by atoms with van der Waals surface area (Å²) < 4.78 is 23.7. The van der Waals surface area contributed by atoms with Gasteiger partial charge in [-0.15, -0.1) is 0 Å². The number of nitrogens with one attached hydrogen (secondary N) is 1. The lowest BCUT2D eigenvalue weighted by Gasteiger charge is -2.29. The smallest absolute Gasteiger partial charge is 0.220 e. The van der Waals surface area contributed by atoms with Crippen molar-refractivity contribution in [2.45, 2.75) is 50.7 Å². The molecule has 9 heteroatoms. The van der Waals surface area contributed by atoms with Gasteiger partial charge < -0.3 is 24.3 Å². The molecule has 0 radical (unpaired) electrons. The van der Waals surface area contributed by atoms with Crippen molar-refractivity contribution in [2.24, 2.45) is 0 Å². The number of likely N-dealkylation sites (tertiary alicyclic amines) is 1. The van der Waals surface area contributed by atoms with E-state index < -0.39 is 18.0 Å². The first-order valence-corrected chi connectivity index (χ1v) is 12.2. The van der Waals surface area contributed by atoms with Crippen molar-refractivity contribution in [3.8, 4) is 11.5 Å². The zero-order valence-corrected chi connectivity index (χ0v) is 20.6. The molecule has 1 fully saturated rings. The topological polar surface area (TPSA) is 88.1 Å². The molecule has 2 aromatic carbocycles. The number of carbonyl (C=O) groups excluding carboxylic acids is 2. The van der Waals surface area contributed by atoms with E-state index in [4.69, 9.17) is 16.6 Å². The summed E-state index contributed by atoms with van der Waals surface area (Å²) in [7, 11) is 1.38. The number of carbonyl (C=O) groups is 2. The van der Waals surface area contributed by atoms with Gasteiger partial charge in [-0.25, -0.2) is 4.39 Å². The summed E-state index contributed by atoms with van der Waals surface area (Å²) in [6.45, 7) is 2.27. The monoisotopic (exact) mass is 506 g/mol. The van der Waals surface area contributed by atoms with Crippen molar-refractivity contribution in [2.75, 3.05) is 26.7 Å². The molecule has 1 amide bonds. The van der Waals surface area contributed by atoms with Crippen LogP contribution in [-0.4, -0.2) is 54.5 Å². The number of aliphatic hydroxyl groups is 1. The Morgan fingerprint density at radius 2 is 1.80 bits per heavy atom. The van der Waals surface area contributed by atoms with Gasteiger partial charge in [-0.3, -0.25) is 9.59 Å². The number of halogens is 2. The van der Waals surface area contributed by atoms with E-state index in [9.17, 15) is 19.1 Å². The van der Waals surface area contributed by atoms with Crippen molar-refractivity contribution >= 4 is 23.6 Å². The van der Waals surface area contributed by atoms with Crippen LogP contribution in [0, 0.1) is 5.82 Å². The third-order valence-electron chi connectivity index (χ3n) is 6.22. The van der Waals surface area contributed by atoms with E-state index in [1.54, 1.807) is 30.3 Å². The number of unbranched alkanes of at least 4 members (excludes halogenated alkanes) is 1. The Morgan fingerprint density at radius 1 is 1.11 bits per heavy atom. The zero-order chi connectivity index (χ0) is 25.2. The largest absolute Gasteiger partial charge is 0.494 e. The zero-order valence-electron chi connectivity index (χ0n) is 19.8. The van der Waals surface area contributed by atoms with Gasteiger partial charge in [0.15, 0.2) is 17.3 Å². The Kier molecular flexibility index (Phi) is 10.3. The van der Waals surface area contributed by atoms with Crippen LogP contribution in [0.5, 0.6) is 11.5 Å². The van der Waals surface area contributed by atoms with Gasteiger partial charge in [-0.1, -0.05) is 6.07 Å². The van der Waals surface area contributed by atoms with Crippen molar-refractivity contribution in [3.63, 3.8) is 0 Å². The number of ether oxygens (including phenoxy) is 1. The van der Waals surface area contributed by atoms with Crippen molar-refractivity contribution in [1.29, 1.82) is 0 Å². The minimum Gasteiger partial charge on any atom is -0.494 e. The fraction of sp³-hybridized carbons (Fsp3) is 0.462. The van der Waals surface area contributed by atoms with Gasteiger partial charge in [0.2, 0.25) is 5.91 Å². The number of benzene rings is 2. The van der Waals surface area contributed by atoms with Gasteiger partial charge in [-0.2, -0.15) is 0 Å². The van der Waals surface area contributed by atoms with Gasteiger partial charge >= 0.3 is 0 Å². The lowest BCUT2D eigenvalue weighted by atomic mass is 10.0. The average Bonchev–Trinajstić information content (AvgIpc) is 3.39. The maximum Gasteiger partial charge on any atom is 0.220 e. The molecule has 2 N–H and O–H groups in total. The second-order valence-corrected chi connectivity index (χ2v) is 8.91. The number of hydrogen-bond donors (Lipinski definition) is 2. The Hall–Kier alpha value is -2.68. The average molecular weight is 507 g/mol. The van der Waals surface area contributed by atoms with E-state index in [-0.39, 0.29) is 23.9 Å². The van der Waals surface area contributed by atoms with Crippen LogP contribution in [-0.2, 0) is 4.79 Å². The molecule has 0 bridgehead atoms. The Labute approximate surface area is 210 Å². The molecular weight excluding hydrogens is 475 g/mol. The van der Waals surface area contributed by atoms with Crippen LogP contribution >= 0.6 is 11.9 Å². The molecule has 1 aliphatic rings. The molecule has 0 saturated carbocycles. The van der Waals surface area contributed by atoms with Crippen LogP contribution in [0.1, 0.15) is 60.6 Å². The van der Waals surface area contributed by atoms with E-state index in [0.717, 1.165) is 25.9 Å². The molecule has 0 unspecified atom stereocenters. The van der Waals surface area contributed by atoms with Crippen LogP contribution in [0.4, 0.5) is 4.39 Å². The third-order valence-corrected chi connectivity index (χ3v) is 6.40. The summed E-state index contributed by atoms with van der Waals surface area (Å²) in [6, 6.07) is 10.3. The highest BCUT2D eigenvalue weighted by molar-refractivity contribution is 6.09. The summed E-state index contributed by atoms with van der Waals surface area (Å²) in [5.74, 6) is -0.236. The summed E-state index contributed by atoms with van der Waals surface area (Å²) in [4.78, 5) is 27.2. The molecule has 0 aliphatic carbocycles. The number of methoxy groups -OCH3 is 1. The minimum atomic E-state index is -1.07. The number of amides is 1. The van der Waals surface area contributed by atoms with Crippen LogP contribution in [0.15, 0.2) is 42.5 Å². The molecular formula is C26H32ClFN2O5. The summed E-state index contributed by atoms with van der Waals surface area (Å²) in [6.07, 6.45) is 2.72. The number of Topliss-reactive ketones (excluding diaryl/α,β-unsaturated/α-hetero) is 1.